The Bertz CT molecular complexity index is 1380. The molecule has 0 fully saturated rings. The molecule has 0 bridgehead atoms. The van der Waals surface area contributed by atoms with Gasteiger partial charge in [0.05, 0.1) is 36.4 Å². The first-order chi connectivity index (χ1) is 17.9. The Morgan fingerprint density at radius 2 is 1.38 bits per heavy atom. The lowest BCUT2D eigenvalue weighted by Gasteiger charge is -2.14. The molecule has 4 aromatic carbocycles. The summed E-state index contributed by atoms with van der Waals surface area (Å²) in [7, 11) is 3.23. The molecule has 0 saturated carbocycles. The molecule has 0 spiro atoms. The van der Waals surface area contributed by atoms with Crippen LogP contribution in [-0.4, -0.2) is 20.2 Å². The molecule has 0 aliphatic carbocycles. The minimum absolute atomic E-state index is 0.0740. The largest absolute Gasteiger partial charge is 0.497 e. The summed E-state index contributed by atoms with van der Waals surface area (Å²) in [5.74, 6) is 1.51. The van der Waals surface area contributed by atoms with Crippen molar-refractivity contribution < 1.29 is 19.0 Å². The number of benzene rings is 4. The molecule has 5 nitrogen and oxygen atoms in total. The summed E-state index contributed by atoms with van der Waals surface area (Å²) < 4.78 is 16.2. The zero-order valence-corrected chi connectivity index (χ0v) is 21.8. The first-order valence-corrected chi connectivity index (χ1v) is 12.2. The van der Waals surface area contributed by atoms with Crippen molar-refractivity contribution in [3.63, 3.8) is 0 Å². The number of ether oxygens (including phenoxy) is 3. The fourth-order valence-corrected chi connectivity index (χ4v) is 4.13. The highest BCUT2D eigenvalue weighted by Gasteiger charge is 2.13. The number of rotatable bonds is 9. The molecule has 0 amide bonds. The normalized spacial score (nSPS) is 10.8. The summed E-state index contributed by atoms with van der Waals surface area (Å²) in [6, 6.07) is 25.7. The van der Waals surface area contributed by atoms with Crippen molar-refractivity contribution in [3.8, 4) is 17.2 Å². The molecule has 0 unspecified atom stereocenters. The van der Waals surface area contributed by atoms with Gasteiger partial charge < -0.3 is 19.5 Å². The van der Waals surface area contributed by atoms with Crippen molar-refractivity contribution in [1.82, 2.24) is 0 Å². The van der Waals surface area contributed by atoms with E-state index in [0.717, 1.165) is 22.4 Å². The van der Waals surface area contributed by atoms with Crippen LogP contribution in [-0.2, 0) is 11.2 Å². The van der Waals surface area contributed by atoms with Crippen LogP contribution in [0, 0.1) is 0 Å². The average molecular weight is 534 g/mol. The van der Waals surface area contributed by atoms with Crippen molar-refractivity contribution in [2.45, 2.75) is 6.42 Å². The molecular formula is C30H25Cl2NO4. The Morgan fingerprint density at radius 3 is 2.03 bits per heavy atom. The van der Waals surface area contributed by atoms with Gasteiger partial charge in [-0.25, -0.2) is 0 Å². The van der Waals surface area contributed by atoms with Crippen LogP contribution in [0.5, 0.6) is 17.2 Å². The number of hydrogen-bond donors (Lipinski definition) is 1. The molecule has 0 aliphatic rings. The Balaban J connectivity index is 1.40. The van der Waals surface area contributed by atoms with Crippen molar-refractivity contribution in [3.05, 3.63) is 112 Å². The number of hydrogen-bond acceptors (Lipinski definition) is 5. The SMILES string of the molecule is COc1cc(/C=C/c2ccc(OC(=O)Cc3ccccc3Nc3c(Cl)cccc3Cl)cc2)cc(OC)c1. The first-order valence-electron chi connectivity index (χ1n) is 11.5. The van der Waals surface area contributed by atoms with E-state index in [2.05, 4.69) is 5.32 Å². The number of methoxy groups -OCH3 is 2. The molecule has 7 heteroatoms. The minimum Gasteiger partial charge on any atom is -0.497 e. The highest BCUT2D eigenvalue weighted by Crippen LogP contribution is 2.33. The van der Waals surface area contributed by atoms with Crippen LogP contribution in [0.15, 0.2) is 84.9 Å². The second-order valence-corrected chi connectivity index (χ2v) is 8.89. The maximum absolute atomic E-state index is 12.7. The van der Waals surface area contributed by atoms with Crippen LogP contribution in [0.4, 0.5) is 11.4 Å². The van der Waals surface area contributed by atoms with Crippen LogP contribution < -0.4 is 19.5 Å². The highest BCUT2D eigenvalue weighted by atomic mass is 35.5. The Kier molecular flexibility index (Phi) is 8.72. The molecule has 1 N–H and O–H groups in total. The fourth-order valence-electron chi connectivity index (χ4n) is 3.64. The van der Waals surface area contributed by atoms with E-state index < -0.39 is 0 Å². The third-order valence-corrected chi connectivity index (χ3v) is 6.16. The molecular weight excluding hydrogens is 509 g/mol. The molecule has 4 rings (SSSR count). The van der Waals surface area contributed by atoms with Crippen LogP contribution in [0.25, 0.3) is 12.2 Å². The van der Waals surface area contributed by atoms with Crippen molar-refractivity contribution in [2.24, 2.45) is 0 Å². The summed E-state index contributed by atoms with van der Waals surface area (Å²) >= 11 is 12.6. The molecule has 0 heterocycles. The van der Waals surface area contributed by atoms with Crippen molar-refractivity contribution in [2.75, 3.05) is 19.5 Å². The number of esters is 1. The predicted molar refractivity (Wildman–Crippen MR) is 150 cm³/mol. The van der Waals surface area contributed by atoms with Gasteiger partial charge in [0.1, 0.15) is 17.2 Å². The van der Waals surface area contributed by atoms with Crippen LogP contribution in [0.3, 0.4) is 0 Å². The Labute approximate surface area is 226 Å². The number of para-hydroxylation sites is 2. The van der Waals surface area contributed by atoms with Gasteiger partial charge >= 0.3 is 5.97 Å². The van der Waals surface area contributed by atoms with Gasteiger partial charge in [0.2, 0.25) is 0 Å². The molecule has 4 aromatic rings. The molecule has 0 aromatic heterocycles. The maximum atomic E-state index is 12.7. The van der Waals surface area contributed by atoms with E-state index in [1.54, 1.807) is 44.6 Å². The van der Waals surface area contributed by atoms with Gasteiger partial charge in [-0.05, 0) is 59.2 Å². The molecule has 0 radical (unpaired) electrons. The fraction of sp³-hybridized carbons (Fsp3) is 0.100. The lowest BCUT2D eigenvalue weighted by molar-refractivity contribution is -0.133. The molecule has 0 atom stereocenters. The molecule has 188 valence electrons. The van der Waals surface area contributed by atoms with E-state index in [1.165, 1.54) is 0 Å². The van der Waals surface area contributed by atoms with Gasteiger partial charge in [-0.1, -0.05) is 71.8 Å². The van der Waals surface area contributed by atoms with E-state index in [4.69, 9.17) is 37.4 Å². The second-order valence-electron chi connectivity index (χ2n) is 8.08. The number of halogens is 2. The quantitative estimate of drug-likeness (QED) is 0.134. The van der Waals surface area contributed by atoms with Gasteiger partial charge in [0.15, 0.2) is 0 Å². The van der Waals surface area contributed by atoms with E-state index >= 15 is 0 Å². The number of nitrogens with one attached hydrogen (secondary N) is 1. The monoisotopic (exact) mass is 533 g/mol. The van der Waals surface area contributed by atoms with E-state index in [1.807, 2.05) is 66.7 Å². The maximum Gasteiger partial charge on any atom is 0.315 e. The summed E-state index contributed by atoms with van der Waals surface area (Å²) in [5, 5.41) is 4.21. The van der Waals surface area contributed by atoms with Crippen molar-refractivity contribution >= 4 is 52.7 Å². The first kappa shape index (κ1) is 26.1. The minimum atomic E-state index is -0.383. The van der Waals surface area contributed by atoms with Gasteiger partial charge in [-0.15, -0.1) is 0 Å². The van der Waals surface area contributed by atoms with E-state index in [9.17, 15) is 4.79 Å². The third-order valence-electron chi connectivity index (χ3n) is 5.53. The summed E-state index contributed by atoms with van der Waals surface area (Å²) in [4.78, 5) is 12.7. The molecule has 37 heavy (non-hydrogen) atoms. The predicted octanol–water partition coefficient (Wildman–Crippen LogP) is 8.07. The van der Waals surface area contributed by atoms with Crippen LogP contribution in [0.2, 0.25) is 10.0 Å². The standard InChI is InChI=1S/C30H25Cl2NO4/c1-35-24-16-21(17-25(19-24)36-2)11-10-20-12-14-23(15-13-20)37-29(34)18-22-6-3-4-9-28(22)33-30-26(31)7-5-8-27(30)32/h3-17,19,33H,18H2,1-2H3/b11-10+. The third kappa shape index (κ3) is 7.06. The smallest absolute Gasteiger partial charge is 0.315 e. The van der Waals surface area contributed by atoms with Gasteiger partial charge in [0.25, 0.3) is 0 Å². The summed E-state index contributed by atoms with van der Waals surface area (Å²) in [5.41, 5.74) is 3.97. The zero-order chi connectivity index (χ0) is 26.2. The summed E-state index contributed by atoms with van der Waals surface area (Å²) in [6.07, 6.45) is 3.99. The average Bonchev–Trinajstić information content (AvgIpc) is 2.91. The van der Waals surface area contributed by atoms with Gasteiger partial charge in [-0.2, -0.15) is 0 Å². The number of anilines is 2. The van der Waals surface area contributed by atoms with Crippen LogP contribution >= 0.6 is 23.2 Å². The zero-order valence-electron chi connectivity index (χ0n) is 20.3. The topological polar surface area (TPSA) is 56.8 Å². The highest BCUT2D eigenvalue weighted by molar-refractivity contribution is 6.39. The lowest BCUT2D eigenvalue weighted by atomic mass is 10.1. The van der Waals surface area contributed by atoms with E-state index in [0.29, 0.717) is 33.0 Å². The van der Waals surface area contributed by atoms with Crippen LogP contribution in [0.1, 0.15) is 16.7 Å². The Morgan fingerprint density at radius 1 is 0.757 bits per heavy atom. The van der Waals surface area contributed by atoms with E-state index in [-0.39, 0.29) is 12.4 Å². The number of carbonyl (C=O) groups is 1. The number of carbonyl (C=O) groups excluding carboxylic acids is 1. The lowest BCUT2D eigenvalue weighted by Crippen LogP contribution is -2.12. The van der Waals surface area contributed by atoms with Crippen molar-refractivity contribution in [1.29, 1.82) is 0 Å². The Hall–Kier alpha value is -3.93. The summed E-state index contributed by atoms with van der Waals surface area (Å²) in [6.45, 7) is 0. The molecule has 0 saturated heterocycles. The van der Waals surface area contributed by atoms with Gasteiger partial charge in [0, 0.05) is 11.8 Å². The second kappa shape index (κ2) is 12.3. The molecule has 0 aliphatic heterocycles. The van der Waals surface area contributed by atoms with Gasteiger partial charge in [-0.3, -0.25) is 4.79 Å².